The number of nitrogens with one attached hydrogen (secondary N) is 1. The van der Waals surface area contributed by atoms with Gasteiger partial charge in [-0.3, -0.25) is 0 Å². The van der Waals surface area contributed by atoms with Crippen LogP contribution in [-0.4, -0.2) is 25.8 Å². The van der Waals surface area contributed by atoms with E-state index in [9.17, 15) is 0 Å². The van der Waals surface area contributed by atoms with Crippen LogP contribution >= 0.6 is 0 Å². The van der Waals surface area contributed by atoms with Crippen LogP contribution < -0.4 is 5.32 Å². The van der Waals surface area contributed by atoms with Crippen LogP contribution in [0.1, 0.15) is 20.3 Å². The molecule has 12 heavy (non-hydrogen) atoms. The predicted molar refractivity (Wildman–Crippen MR) is 49.8 cm³/mol. The van der Waals surface area contributed by atoms with Gasteiger partial charge in [-0.1, -0.05) is 6.92 Å². The highest BCUT2D eigenvalue weighted by Gasteiger charge is 2.32. The quantitative estimate of drug-likeness (QED) is 0.631. The van der Waals surface area contributed by atoms with E-state index in [0.717, 1.165) is 26.2 Å². The fraction of sp³-hybridized carbons (Fsp3) is 0.800. The first-order chi connectivity index (χ1) is 5.66. The van der Waals surface area contributed by atoms with Gasteiger partial charge in [0, 0.05) is 24.4 Å². The minimum absolute atomic E-state index is 0.350. The van der Waals surface area contributed by atoms with Gasteiger partial charge in [0.15, 0.2) is 0 Å². The lowest BCUT2D eigenvalue weighted by atomic mass is 9.88. The lowest BCUT2D eigenvalue weighted by Crippen LogP contribution is -2.49. The lowest BCUT2D eigenvalue weighted by Gasteiger charge is -2.38. The van der Waals surface area contributed by atoms with Crippen LogP contribution in [-0.2, 0) is 4.74 Å². The van der Waals surface area contributed by atoms with E-state index in [-0.39, 0.29) is 0 Å². The van der Waals surface area contributed by atoms with Crippen molar-refractivity contribution >= 4 is 0 Å². The molecular formula is C10H17NO. The second-order valence-electron chi connectivity index (χ2n) is 3.99. The second kappa shape index (κ2) is 3.93. The minimum atomic E-state index is 0.350. The molecule has 0 aliphatic carbocycles. The summed E-state index contributed by atoms with van der Waals surface area (Å²) >= 11 is 0. The average Bonchev–Trinajstić information content (AvgIpc) is 1.98. The SMILES string of the molecule is C#CCC(C)NCC1(C)COC1. The van der Waals surface area contributed by atoms with Crippen LogP contribution in [0.5, 0.6) is 0 Å². The molecule has 0 spiro atoms. The molecule has 1 atom stereocenters. The van der Waals surface area contributed by atoms with Gasteiger partial charge in [0.2, 0.25) is 0 Å². The Bertz CT molecular complexity index is 179. The van der Waals surface area contributed by atoms with E-state index < -0.39 is 0 Å². The molecule has 1 fully saturated rings. The van der Waals surface area contributed by atoms with Crippen molar-refractivity contribution < 1.29 is 4.74 Å². The molecule has 1 rings (SSSR count). The first-order valence-corrected chi connectivity index (χ1v) is 4.41. The zero-order valence-electron chi connectivity index (χ0n) is 7.89. The Morgan fingerprint density at radius 2 is 2.33 bits per heavy atom. The summed E-state index contributed by atoms with van der Waals surface area (Å²) in [4.78, 5) is 0. The van der Waals surface area contributed by atoms with Gasteiger partial charge in [0.1, 0.15) is 0 Å². The van der Waals surface area contributed by atoms with E-state index in [2.05, 4.69) is 25.1 Å². The van der Waals surface area contributed by atoms with E-state index in [1.54, 1.807) is 0 Å². The summed E-state index contributed by atoms with van der Waals surface area (Å²) in [5.41, 5.74) is 0.350. The third-order valence-electron chi connectivity index (χ3n) is 2.20. The zero-order valence-corrected chi connectivity index (χ0v) is 7.89. The first kappa shape index (κ1) is 9.57. The fourth-order valence-electron chi connectivity index (χ4n) is 1.22. The molecule has 0 amide bonds. The Kier molecular flexibility index (Phi) is 3.13. The standard InChI is InChI=1S/C10H17NO/c1-4-5-9(2)11-6-10(3)7-12-8-10/h1,9,11H,5-8H2,2-3H3. The third kappa shape index (κ3) is 2.51. The van der Waals surface area contributed by atoms with Crippen LogP contribution in [0, 0.1) is 17.8 Å². The van der Waals surface area contributed by atoms with Crippen LogP contribution in [0.25, 0.3) is 0 Å². The van der Waals surface area contributed by atoms with Gasteiger partial charge in [0.25, 0.3) is 0 Å². The Morgan fingerprint density at radius 1 is 1.67 bits per heavy atom. The largest absolute Gasteiger partial charge is 0.380 e. The normalized spacial score (nSPS) is 22.4. The topological polar surface area (TPSA) is 21.3 Å². The van der Waals surface area contributed by atoms with Gasteiger partial charge >= 0.3 is 0 Å². The van der Waals surface area contributed by atoms with Crippen LogP contribution in [0.15, 0.2) is 0 Å². The molecule has 1 aliphatic rings. The monoisotopic (exact) mass is 167 g/mol. The molecule has 0 aromatic heterocycles. The van der Waals surface area contributed by atoms with E-state index in [4.69, 9.17) is 11.2 Å². The number of hydrogen-bond acceptors (Lipinski definition) is 2. The predicted octanol–water partition coefficient (Wildman–Crippen LogP) is 1.02. The minimum Gasteiger partial charge on any atom is -0.380 e. The molecule has 1 unspecified atom stereocenters. The molecule has 2 nitrogen and oxygen atoms in total. The Labute approximate surface area is 74.7 Å². The highest BCUT2D eigenvalue weighted by atomic mass is 16.5. The maximum atomic E-state index is 5.20. The molecule has 0 radical (unpaired) electrons. The molecule has 0 aromatic carbocycles. The summed E-state index contributed by atoms with van der Waals surface area (Å²) in [5.74, 6) is 2.65. The second-order valence-corrected chi connectivity index (χ2v) is 3.99. The van der Waals surface area contributed by atoms with Crippen LogP contribution in [0.4, 0.5) is 0 Å². The highest BCUT2D eigenvalue weighted by Crippen LogP contribution is 2.25. The van der Waals surface area contributed by atoms with Crippen molar-refractivity contribution in [2.45, 2.75) is 26.3 Å². The van der Waals surface area contributed by atoms with E-state index >= 15 is 0 Å². The van der Waals surface area contributed by atoms with E-state index in [0.29, 0.717) is 11.5 Å². The molecule has 1 saturated heterocycles. The van der Waals surface area contributed by atoms with Crippen molar-refractivity contribution in [1.29, 1.82) is 0 Å². The van der Waals surface area contributed by atoms with Crippen molar-refractivity contribution in [2.75, 3.05) is 19.8 Å². The van der Waals surface area contributed by atoms with Crippen LogP contribution in [0.3, 0.4) is 0 Å². The van der Waals surface area contributed by atoms with Gasteiger partial charge in [-0.2, -0.15) is 0 Å². The molecule has 1 N–H and O–H groups in total. The number of rotatable bonds is 4. The summed E-state index contributed by atoms with van der Waals surface area (Å²) in [5, 5.41) is 3.40. The van der Waals surface area contributed by atoms with Gasteiger partial charge in [-0.25, -0.2) is 0 Å². The maximum absolute atomic E-state index is 5.20. The van der Waals surface area contributed by atoms with E-state index in [1.807, 2.05) is 0 Å². The fourth-order valence-corrected chi connectivity index (χ4v) is 1.22. The Balaban J connectivity index is 2.12. The highest BCUT2D eigenvalue weighted by molar-refractivity contribution is 4.90. The Hall–Kier alpha value is -0.520. The molecule has 2 heteroatoms. The van der Waals surface area contributed by atoms with Crippen molar-refractivity contribution in [2.24, 2.45) is 5.41 Å². The molecule has 0 bridgehead atoms. The summed E-state index contributed by atoms with van der Waals surface area (Å²) in [6.45, 7) is 7.11. The van der Waals surface area contributed by atoms with Gasteiger partial charge in [0.05, 0.1) is 13.2 Å². The zero-order chi connectivity index (χ0) is 9.03. The summed E-state index contributed by atoms with van der Waals surface area (Å²) < 4.78 is 5.15. The smallest absolute Gasteiger partial charge is 0.0554 e. The molecule has 1 heterocycles. The molecule has 68 valence electrons. The summed E-state index contributed by atoms with van der Waals surface area (Å²) in [7, 11) is 0. The van der Waals surface area contributed by atoms with Gasteiger partial charge < -0.3 is 10.1 Å². The van der Waals surface area contributed by atoms with Crippen LogP contribution in [0.2, 0.25) is 0 Å². The Morgan fingerprint density at radius 3 is 2.75 bits per heavy atom. The lowest BCUT2D eigenvalue weighted by molar-refractivity contribution is -0.0998. The molecule has 1 aliphatic heterocycles. The average molecular weight is 167 g/mol. The summed E-state index contributed by atoms with van der Waals surface area (Å²) in [6.07, 6.45) is 6.00. The van der Waals surface area contributed by atoms with E-state index in [1.165, 1.54) is 0 Å². The van der Waals surface area contributed by atoms with Crippen molar-refractivity contribution in [1.82, 2.24) is 5.32 Å². The molecular weight excluding hydrogens is 150 g/mol. The van der Waals surface area contributed by atoms with Crippen molar-refractivity contribution in [3.63, 3.8) is 0 Å². The third-order valence-corrected chi connectivity index (χ3v) is 2.20. The molecule has 0 saturated carbocycles. The van der Waals surface area contributed by atoms with Crippen molar-refractivity contribution in [3.8, 4) is 12.3 Å². The molecule has 0 aromatic rings. The number of hydrogen-bond donors (Lipinski definition) is 1. The summed E-state index contributed by atoms with van der Waals surface area (Å²) in [6, 6.07) is 0.424. The first-order valence-electron chi connectivity index (χ1n) is 4.41. The number of terminal acetylenes is 1. The van der Waals surface area contributed by atoms with Crippen molar-refractivity contribution in [3.05, 3.63) is 0 Å². The van der Waals surface area contributed by atoms with Gasteiger partial charge in [-0.05, 0) is 6.92 Å². The number of ether oxygens (including phenoxy) is 1. The maximum Gasteiger partial charge on any atom is 0.0554 e. The van der Waals surface area contributed by atoms with Gasteiger partial charge in [-0.15, -0.1) is 12.3 Å².